The Morgan fingerprint density at radius 3 is 2.41 bits per heavy atom. The molecule has 0 spiro atoms. The van der Waals surface area contributed by atoms with Crippen molar-refractivity contribution in [2.24, 2.45) is 11.7 Å². The molecule has 0 aromatic heterocycles. The molecular weight excluding hydrogens is 218 g/mol. The van der Waals surface area contributed by atoms with E-state index in [4.69, 9.17) is 5.73 Å². The van der Waals surface area contributed by atoms with Gasteiger partial charge in [-0.25, -0.2) is 4.79 Å². The Morgan fingerprint density at radius 2 is 1.94 bits per heavy atom. The molecule has 17 heavy (non-hydrogen) atoms. The van der Waals surface area contributed by atoms with E-state index >= 15 is 0 Å². The van der Waals surface area contributed by atoms with Gasteiger partial charge in [-0.05, 0) is 25.2 Å². The van der Waals surface area contributed by atoms with Crippen LogP contribution >= 0.6 is 0 Å². The van der Waals surface area contributed by atoms with Gasteiger partial charge in [0.15, 0.2) is 0 Å². The van der Waals surface area contributed by atoms with E-state index in [-0.39, 0.29) is 11.9 Å². The molecule has 5 heteroatoms. The van der Waals surface area contributed by atoms with Crippen molar-refractivity contribution in [1.29, 1.82) is 0 Å². The average Bonchev–Trinajstić information content (AvgIpc) is 2.21. The largest absolute Gasteiger partial charge is 0.353 e. The highest BCUT2D eigenvalue weighted by Gasteiger charge is 2.11. The van der Waals surface area contributed by atoms with E-state index in [1.807, 2.05) is 20.8 Å². The maximum Gasteiger partial charge on any atom is 0.312 e. The molecule has 0 aliphatic rings. The monoisotopic (exact) mass is 243 g/mol. The zero-order chi connectivity index (χ0) is 13.3. The highest BCUT2D eigenvalue weighted by Crippen LogP contribution is 2.04. The lowest BCUT2D eigenvalue weighted by Crippen LogP contribution is -2.36. The van der Waals surface area contributed by atoms with Gasteiger partial charge in [-0.1, -0.05) is 20.8 Å². The van der Waals surface area contributed by atoms with Crippen LogP contribution in [0.5, 0.6) is 0 Å². The second-order valence-electron chi connectivity index (χ2n) is 4.70. The van der Waals surface area contributed by atoms with Crippen LogP contribution < -0.4 is 16.4 Å². The summed E-state index contributed by atoms with van der Waals surface area (Å²) in [5.41, 5.74) is 4.96. The quantitative estimate of drug-likeness (QED) is 0.563. The molecule has 0 aromatic carbocycles. The van der Waals surface area contributed by atoms with Crippen molar-refractivity contribution in [3.63, 3.8) is 0 Å². The van der Waals surface area contributed by atoms with Crippen LogP contribution in [-0.4, -0.2) is 24.5 Å². The maximum absolute atomic E-state index is 11.6. The minimum atomic E-state index is -0.498. The third-order valence-electron chi connectivity index (χ3n) is 2.48. The predicted molar refractivity (Wildman–Crippen MR) is 68.5 cm³/mol. The molecule has 0 aromatic rings. The van der Waals surface area contributed by atoms with Crippen molar-refractivity contribution in [2.75, 3.05) is 6.54 Å². The zero-order valence-electron chi connectivity index (χ0n) is 11.1. The minimum Gasteiger partial charge on any atom is -0.353 e. The molecule has 0 saturated heterocycles. The Bertz CT molecular complexity index is 242. The molecule has 0 aliphatic heterocycles. The van der Waals surface area contributed by atoms with Gasteiger partial charge in [0.1, 0.15) is 0 Å². The smallest absolute Gasteiger partial charge is 0.312 e. The number of amides is 3. The standard InChI is InChI=1S/C12H25N3O2/c1-4-10(6-5-7-14-12(13)17)15-11(16)8-9(2)3/h9-10H,4-8H2,1-3H3,(H,15,16)(H3,13,14,17)/t10-/m1/s1. The Balaban J connectivity index is 3.75. The van der Waals surface area contributed by atoms with Gasteiger partial charge in [-0.15, -0.1) is 0 Å². The van der Waals surface area contributed by atoms with E-state index in [0.717, 1.165) is 19.3 Å². The highest BCUT2D eigenvalue weighted by molar-refractivity contribution is 5.76. The fraction of sp³-hybridized carbons (Fsp3) is 0.833. The van der Waals surface area contributed by atoms with Crippen LogP contribution in [0.4, 0.5) is 4.79 Å². The molecule has 4 N–H and O–H groups in total. The van der Waals surface area contributed by atoms with Crippen LogP contribution in [0, 0.1) is 5.92 Å². The van der Waals surface area contributed by atoms with Gasteiger partial charge in [0.2, 0.25) is 5.91 Å². The first-order chi connectivity index (χ1) is 7.95. The van der Waals surface area contributed by atoms with Gasteiger partial charge in [-0.3, -0.25) is 4.79 Å². The molecule has 0 radical (unpaired) electrons. The van der Waals surface area contributed by atoms with Crippen molar-refractivity contribution in [1.82, 2.24) is 10.6 Å². The summed E-state index contributed by atoms with van der Waals surface area (Å²) >= 11 is 0. The predicted octanol–water partition coefficient (Wildman–Crippen LogP) is 1.38. The first-order valence-electron chi connectivity index (χ1n) is 6.28. The fourth-order valence-electron chi connectivity index (χ4n) is 1.60. The Kier molecular flexibility index (Phi) is 8.19. The number of urea groups is 1. The molecule has 1 atom stereocenters. The van der Waals surface area contributed by atoms with Gasteiger partial charge in [0.05, 0.1) is 0 Å². The number of carbonyl (C=O) groups is 2. The number of hydrogen-bond acceptors (Lipinski definition) is 2. The molecule has 5 nitrogen and oxygen atoms in total. The van der Waals surface area contributed by atoms with Crippen LogP contribution in [0.3, 0.4) is 0 Å². The van der Waals surface area contributed by atoms with Gasteiger partial charge in [0.25, 0.3) is 0 Å². The molecular formula is C12H25N3O2. The molecule has 0 bridgehead atoms. The van der Waals surface area contributed by atoms with Gasteiger partial charge in [-0.2, -0.15) is 0 Å². The minimum absolute atomic E-state index is 0.106. The van der Waals surface area contributed by atoms with Crippen LogP contribution in [0.2, 0.25) is 0 Å². The average molecular weight is 243 g/mol. The molecule has 0 unspecified atom stereocenters. The van der Waals surface area contributed by atoms with E-state index < -0.39 is 6.03 Å². The lowest BCUT2D eigenvalue weighted by molar-refractivity contribution is -0.122. The zero-order valence-corrected chi connectivity index (χ0v) is 11.1. The molecule has 100 valence electrons. The SMILES string of the molecule is CC[C@H](CCCNC(N)=O)NC(=O)CC(C)C. The summed E-state index contributed by atoms with van der Waals surface area (Å²) in [6.45, 7) is 6.66. The molecule has 0 heterocycles. The van der Waals surface area contributed by atoms with Crippen LogP contribution in [0.15, 0.2) is 0 Å². The summed E-state index contributed by atoms with van der Waals surface area (Å²) in [6.07, 6.45) is 3.15. The molecule has 0 saturated carbocycles. The van der Waals surface area contributed by atoms with Gasteiger partial charge in [0, 0.05) is 19.0 Å². The van der Waals surface area contributed by atoms with E-state index in [1.165, 1.54) is 0 Å². The number of hydrogen-bond donors (Lipinski definition) is 3. The normalized spacial score (nSPS) is 12.2. The summed E-state index contributed by atoms with van der Waals surface area (Å²) < 4.78 is 0. The first kappa shape index (κ1) is 15.7. The lowest BCUT2D eigenvalue weighted by atomic mass is 10.1. The highest BCUT2D eigenvalue weighted by atomic mass is 16.2. The fourth-order valence-corrected chi connectivity index (χ4v) is 1.60. The first-order valence-corrected chi connectivity index (χ1v) is 6.28. The third kappa shape index (κ3) is 9.66. The summed E-state index contributed by atoms with van der Waals surface area (Å²) in [5, 5.41) is 5.54. The molecule has 0 rings (SSSR count). The van der Waals surface area contributed by atoms with Crippen LogP contribution in [0.1, 0.15) is 46.5 Å². The van der Waals surface area contributed by atoms with Crippen LogP contribution in [0.25, 0.3) is 0 Å². The van der Waals surface area contributed by atoms with E-state index in [0.29, 0.717) is 18.9 Å². The summed E-state index contributed by atoms with van der Waals surface area (Å²) in [6, 6.07) is -0.308. The molecule has 3 amide bonds. The second kappa shape index (κ2) is 8.84. The lowest BCUT2D eigenvalue weighted by Gasteiger charge is -2.17. The second-order valence-corrected chi connectivity index (χ2v) is 4.70. The van der Waals surface area contributed by atoms with Crippen molar-refractivity contribution in [3.8, 4) is 0 Å². The number of carbonyl (C=O) groups excluding carboxylic acids is 2. The van der Waals surface area contributed by atoms with Crippen molar-refractivity contribution in [3.05, 3.63) is 0 Å². The number of rotatable bonds is 8. The van der Waals surface area contributed by atoms with Crippen molar-refractivity contribution in [2.45, 2.75) is 52.5 Å². The van der Waals surface area contributed by atoms with E-state index in [1.54, 1.807) is 0 Å². The summed E-state index contributed by atoms with van der Waals surface area (Å²) in [4.78, 5) is 22.0. The Morgan fingerprint density at radius 1 is 1.29 bits per heavy atom. The number of nitrogens with two attached hydrogens (primary N) is 1. The number of nitrogens with one attached hydrogen (secondary N) is 2. The summed E-state index contributed by atoms with van der Waals surface area (Å²) in [7, 11) is 0. The topological polar surface area (TPSA) is 84.2 Å². The Labute approximate surface area is 104 Å². The molecule has 0 fully saturated rings. The Hall–Kier alpha value is -1.26. The van der Waals surface area contributed by atoms with E-state index in [2.05, 4.69) is 10.6 Å². The van der Waals surface area contributed by atoms with Crippen molar-refractivity contribution >= 4 is 11.9 Å². The van der Waals surface area contributed by atoms with Gasteiger partial charge < -0.3 is 16.4 Å². The van der Waals surface area contributed by atoms with Gasteiger partial charge >= 0.3 is 6.03 Å². The number of primary amides is 1. The van der Waals surface area contributed by atoms with Crippen molar-refractivity contribution < 1.29 is 9.59 Å². The maximum atomic E-state index is 11.6. The third-order valence-corrected chi connectivity index (χ3v) is 2.48. The summed E-state index contributed by atoms with van der Waals surface area (Å²) in [5.74, 6) is 0.485. The molecule has 0 aliphatic carbocycles. The van der Waals surface area contributed by atoms with Crippen LogP contribution in [-0.2, 0) is 4.79 Å². The van der Waals surface area contributed by atoms with E-state index in [9.17, 15) is 9.59 Å².